The van der Waals surface area contributed by atoms with Crippen molar-refractivity contribution < 1.29 is 4.79 Å². The molecule has 6 N–H and O–H groups in total. The number of hydrazine groups is 1. The molecule has 15 heavy (non-hydrogen) atoms. The number of pyridine rings is 1. The Kier molecular flexibility index (Phi) is 3.11. The molecular formula is C9H15N5O. The summed E-state index contributed by atoms with van der Waals surface area (Å²) in [6.07, 6.45) is 1.58. The SMILES string of the molecule is CC(C)(Nc1ccnc(NN)c1)C(N)=O. The standard InChI is InChI=1S/C9H15N5O/c1-9(2,8(10)15)13-6-3-4-12-7(5-6)14-11/h3-5H,11H2,1-2H3,(H2,10,15)(H2,12,13,14). The lowest BCUT2D eigenvalue weighted by Gasteiger charge is -2.23. The number of rotatable bonds is 4. The van der Waals surface area contributed by atoms with Crippen molar-refractivity contribution >= 4 is 17.4 Å². The third kappa shape index (κ3) is 2.81. The molecule has 0 aliphatic carbocycles. The van der Waals surface area contributed by atoms with Gasteiger partial charge in [0, 0.05) is 18.0 Å². The predicted octanol–water partition coefficient (Wildman–Crippen LogP) is 0.0430. The van der Waals surface area contributed by atoms with Gasteiger partial charge in [0.2, 0.25) is 5.91 Å². The minimum Gasteiger partial charge on any atom is -0.372 e. The van der Waals surface area contributed by atoms with Crippen LogP contribution in [0.5, 0.6) is 0 Å². The van der Waals surface area contributed by atoms with Gasteiger partial charge in [-0.15, -0.1) is 0 Å². The molecule has 0 saturated carbocycles. The summed E-state index contributed by atoms with van der Waals surface area (Å²) in [5, 5.41) is 2.98. The van der Waals surface area contributed by atoms with Crippen LogP contribution in [0.4, 0.5) is 11.5 Å². The first kappa shape index (κ1) is 11.3. The van der Waals surface area contributed by atoms with Crippen molar-refractivity contribution in [2.24, 2.45) is 11.6 Å². The number of aromatic nitrogens is 1. The fourth-order valence-corrected chi connectivity index (χ4v) is 1.01. The Morgan fingerprint density at radius 2 is 2.20 bits per heavy atom. The van der Waals surface area contributed by atoms with Crippen LogP contribution in [-0.2, 0) is 4.79 Å². The van der Waals surface area contributed by atoms with E-state index in [0.29, 0.717) is 5.82 Å². The van der Waals surface area contributed by atoms with Crippen molar-refractivity contribution in [2.45, 2.75) is 19.4 Å². The second-order valence-electron chi connectivity index (χ2n) is 3.69. The first-order chi connectivity index (χ1) is 6.95. The van der Waals surface area contributed by atoms with Crippen molar-refractivity contribution in [3.63, 3.8) is 0 Å². The fraction of sp³-hybridized carbons (Fsp3) is 0.333. The summed E-state index contributed by atoms with van der Waals surface area (Å²) in [7, 11) is 0. The number of nitrogen functional groups attached to an aromatic ring is 1. The summed E-state index contributed by atoms with van der Waals surface area (Å²) >= 11 is 0. The number of nitrogens with one attached hydrogen (secondary N) is 2. The van der Waals surface area contributed by atoms with E-state index in [-0.39, 0.29) is 0 Å². The van der Waals surface area contributed by atoms with Gasteiger partial charge >= 0.3 is 0 Å². The summed E-state index contributed by atoms with van der Waals surface area (Å²) in [6, 6.07) is 3.41. The van der Waals surface area contributed by atoms with Crippen LogP contribution in [0, 0.1) is 0 Å². The van der Waals surface area contributed by atoms with Gasteiger partial charge in [-0.2, -0.15) is 0 Å². The van der Waals surface area contributed by atoms with E-state index in [4.69, 9.17) is 11.6 Å². The van der Waals surface area contributed by atoms with Crippen molar-refractivity contribution in [3.05, 3.63) is 18.3 Å². The fourth-order valence-electron chi connectivity index (χ4n) is 1.01. The van der Waals surface area contributed by atoms with Crippen molar-refractivity contribution in [2.75, 3.05) is 10.7 Å². The number of hydrogen-bond acceptors (Lipinski definition) is 5. The smallest absolute Gasteiger partial charge is 0.242 e. The van der Waals surface area contributed by atoms with E-state index in [2.05, 4.69) is 15.7 Å². The van der Waals surface area contributed by atoms with Gasteiger partial charge < -0.3 is 16.5 Å². The van der Waals surface area contributed by atoms with E-state index in [1.165, 1.54) is 0 Å². The molecule has 6 nitrogen and oxygen atoms in total. The van der Waals surface area contributed by atoms with Crippen molar-refractivity contribution in [1.82, 2.24) is 4.98 Å². The average Bonchev–Trinajstić information content (AvgIpc) is 2.17. The highest BCUT2D eigenvalue weighted by Gasteiger charge is 2.24. The highest BCUT2D eigenvalue weighted by Crippen LogP contribution is 2.16. The zero-order chi connectivity index (χ0) is 11.5. The Bertz CT molecular complexity index is 363. The summed E-state index contributed by atoms with van der Waals surface area (Å²) in [5.74, 6) is 5.30. The van der Waals surface area contributed by atoms with Crippen molar-refractivity contribution in [3.8, 4) is 0 Å². The normalized spacial score (nSPS) is 10.9. The highest BCUT2D eigenvalue weighted by atomic mass is 16.1. The molecule has 0 atom stereocenters. The average molecular weight is 209 g/mol. The molecule has 0 spiro atoms. The number of anilines is 2. The van der Waals surface area contributed by atoms with Gasteiger partial charge in [-0.3, -0.25) is 4.79 Å². The second-order valence-corrected chi connectivity index (χ2v) is 3.69. The number of primary amides is 1. The molecule has 0 aromatic carbocycles. The Hall–Kier alpha value is -1.82. The first-order valence-corrected chi connectivity index (χ1v) is 4.46. The quantitative estimate of drug-likeness (QED) is 0.414. The van der Waals surface area contributed by atoms with E-state index >= 15 is 0 Å². The minimum absolute atomic E-state index is 0.429. The van der Waals surface area contributed by atoms with Crippen LogP contribution in [0.25, 0.3) is 0 Å². The van der Waals surface area contributed by atoms with Crippen LogP contribution >= 0.6 is 0 Å². The maximum atomic E-state index is 11.1. The predicted molar refractivity (Wildman–Crippen MR) is 58.9 cm³/mol. The number of nitrogens with zero attached hydrogens (tertiary/aromatic N) is 1. The number of carbonyl (C=O) groups is 1. The van der Waals surface area contributed by atoms with E-state index in [0.717, 1.165) is 5.69 Å². The Morgan fingerprint density at radius 1 is 1.53 bits per heavy atom. The lowest BCUT2D eigenvalue weighted by atomic mass is 10.0. The second kappa shape index (κ2) is 4.14. The highest BCUT2D eigenvalue weighted by molar-refractivity contribution is 5.87. The molecule has 1 aromatic heterocycles. The summed E-state index contributed by atoms with van der Waals surface area (Å²) in [5.41, 5.74) is 7.56. The lowest BCUT2D eigenvalue weighted by Crippen LogP contribution is -2.45. The number of nitrogens with two attached hydrogens (primary N) is 2. The lowest BCUT2D eigenvalue weighted by molar-refractivity contribution is -0.121. The largest absolute Gasteiger partial charge is 0.372 e. The maximum absolute atomic E-state index is 11.1. The van der Waals surface area contributed by atoms with Gasteiger partial charge in [0.15, 0.2) is 0 Å². The van der Waals surface area contributed by atoms with E-state index in [1.807, 2.05) is 0 Å². The molecule has 0 fully saturated rings. The van der Waals surface area contributed by atoms with Crippen LogP contribution < -0.4 is 22.3 Å². The number of hydrogen-bond donors (Lipinski definition) is 4. The molecule has 1 aromatic rings. The molecule has 1 heterocycles. The molecule has 0 saturated heterocycles. The third-order valence-corrected chi connectivity index (χ3v) is 1.98. The molecule has 0 bridgehead atoms. The van der Waals surface area contributed by atoms with E-state index in [9.17, 15) is 4.79 Å². The number of amides is 1. The molecule has 1 amide bonds. The molecular weight excluding hydrogens is 194 g/mol. The Balaban J connectivity index is 2.85. The molecule has 0 aliphatic heterocycles. The molecule has 0 unspecified atom stereocenters. The minimum atomic E-state index is -0.812. The van der Waals surface area contributed by atoms with Crippen LogP contribution in [0.2, 0.25) is 0 Å². The zero-order valence-corrected chi connectivity index (χ0v) is 8.74. The van der Waals surface area contributed by atoms with Gasteiger partial charge in [-0.05, 0) is 19.9 Å². The molecule has 1 rings (SSSR count). The van der Waals surface area contributed by atoms with Gasteiger partial charge in [0.25, 0.3) is 0 Å². The molecule has 0 aliphatic rings. The molecule has 82 valence electrons. The van der Waals surface area contributed by atoms with Crippen LogP contribution in [0.15, 0.2) is 18.3 Å². The third-order valence-electron chi connectivity index (χ3n) is 1.98. The van der Waals surface area contributed by atoms with Gasteiger partial charge in [0.05, 0.1) is 0 Å². The zero-order valence-electron chi connectivity index (χ0n) is 8.74. The van der Waals surface area contributed by atoms with Crippen LogP contribution in [-0.4, -0.2) is 16.4 Å². The van der Waals surface area contributed by atoms with Gasteiger partial charge in [0.1, 0.15) is 11.4 Å². The van der Waals surface area contributed by atoms with Crippen LogP contribution in [0.1, 0.15) is 13.8 Å². The van der Waals surface area contributed by atoms with Crippen molar-refractivity contribution in [1.29, 1.82) is 0 Å². The summed E-state index contributed by atoms with van der Waals surface area (Å²) in [4.78, 5) is 15.0. The number of carbonyl (C=O) groups excluding carboxylic acids is 1. The first-order valence-electron chi connectivity index (χ1n) is 4.46. The van der Waals surface area contributed by atoms with Crippen LogP contribution in [0.3, 0.4) is 0 Å². The summed E-state index contributed by atoms with van der Waals surface area (Å²) in [6.45, 7) is 3.40. The maximum Gasteiger partial charge on any atom is 0.242 e. The molecule has 6 heteroatoms. The monoisotopic (exact) mass is 209 g/mol. The van der Waals surface area contributed by atoms with Gasteiger partial charge in [-0.25, -0.2) is 10.8 Å². The van der Waals surface area contributed by atoms with E-state index < -0.39 is 11.4 Å². The Morgan fingerprint density at radius 3 is 2.73 bits per heavy atom. The topological polar surface area (TPSA) is 106 Å². The molecule has 0 radical (unpaired) electrons. The van der Waals surface area contributed by atoms with E-state index in [1.54, 1.807) is 32.2 Å². The van der Waals surface area contributed by atoms with Gasteiger partial charge in [-0.1, -0.05) is 0 Å². The Labute approximate surface area is 88.0 Å². The summed E-state index contributed by atoms with van der Waals surface area (Å²) < 4.78 is 0.